The Bertz CT molecular complexity index is 1520. The smallest absolute Gasteiger partial charge is 0.181 e. The van der Waals surface area contributed by atoms with Crippen LogP contribution in [-0.2, 0) is 17.9 Å². The second kappa shape index (κ2) is 9.92. The van der Waals surface area contributed by atoms with Crippen LogP contribution in [0.2, 0.25) is 0 Å². The molecule has 198 valence electrons. The first kappa shape index (κ1) is 26.6. The van der Waals surface area contributed by atoms with Gasteiger partial charge in [-0.3, -0.25) is 0 Å². The third-order valence-corrected chi connectivity index (χ3v) is 7.23. The van der Waals surface area contributed by atoms with Gasteiger partial charge in [-0.2, -0.15) is 5.10 Å². The maximum atomic E-state index is 13.5. The molecular formula is C35H36FN3. The standard InChI is InChI=1S/C35H36FN3/c1-34(2,3)29-14-8-23(9-15-29)26-20-27(24-10-16-30(17-11-24)35(4,5)6)22-28(21-26)33-37-32(38-39(33)7)25-12-18-31(36)19-13-25/h8-22H,1-7H3. The van der Waals surface area contributed by atoms with Gasteiger partial charge in [-0.15, -0.1) is 0 Å². The summed E-state index contributed by atoms with van der Waals surface area (Å²) in [5.41, 5.74) is 9.09. The highest BCUT2D eigenvalue weighted by Crippen LogP contribution is 2.35. The van der Waals surface area contributed by atoms with Gasteiger partial charge in [-0.25, -0.2) is 14.1 Å². The van der Waals surface area contributed by atoms with E-state index in [1.807, 2.05) is 7.05 Å². The molecule has 39 heavy (non-hydrogen) atoms. The van der Waals surface area contributed by atoms with Crippen LogP contribution in [0.4, 0.5) is 4.39 Å². The third kappa shape index (κ3) is 5.70. The van der Waals surface area contributed by atoms with Crippen molar-refractivity contribution in [1.29, 1.82) is 0 Å². The molecule has 0 aliphatic carbocycles. The van der Waals surface area contributed by atoms with Gasteiger partial charge in [-0.1, -0.05) is 90.1 Å². The third-order valence-electron chi connectivity index (χ3n) is 7.23. The van der Waals surface area contributed by atoms with Crippen molar-refractivity contribution in [2.45, 2.75) is 52.4 Å². The monoisotopic (exact) mass is 517 g/mol. The lowest BCUT2D eigenvalue weighted by Gasteiger charge is -2.20. The normalized spacial score (nSPS) is 12.1. The minimum Gasteiger partial charge on any atom is -0.248 e. The quantitative estimate of drug-likeness (QED) is 0.238. The molecule has 1 heterocycles. The van der Waals surface area contributed by atoms with Gasteiger partial charge in [0.1, 0.15) is 5.82 Å². The molecule has 0 amide bonds. The van der Waals surface area contributed by atoms with Gasteiger partial charge in [0.15, 0.2) is 11.6 Å². The zero-order chi connectivity index (χ0) is 27.9. The number of nitrogens with zero attached hydrogens (tertiary/aromatic N) is 3. The van der Waals surface area contributed by atoms with E-state index in [0.29, 0.717) is 5.82 Å². The molecule has 1 aromatic heterocycles. The Morgan fingerprint density at radius 2 is 0.949 bits per heavy atom. The lowest BCUT2D eigenvalue weighted by molar-refractivity contribution is 0.590. The van der Waals surface area contributed by atoms with Crippen molar-refractivity contribution in [3.63, 3.8) is 0 Å². The Labute approximate surface area is 231 Å². The van der Waals surface area contributed by atoms with Crippen LogP contribution < -0.4 is 0 Å². The van der Waals surface area contributed by atoms with Gasteiger partial charge < -0.3 is 0 Å². The molecule has 0 fully saturated rings. The summed E-state index contributed by atoms with van der Waals surface area (Å²) in [5, 5.41) is 4.65. The van der Waals surface area contributed by atoms with Crippen molar-refractivity contribution in [2.75, 3.05) is 0 Å². The molecule has 5 rings (SSSR count). The van der Waals surface area contributed by atoms with Crippen molar-refractivity contribution in [3.05, 3.63) is 108 Å². The summed E-state index contributed by atoms with van der Waals surface area (Å²) in [4.78, 5) is 4.87. The highest BCUT2D eigenvalue weighted by Gasteiger charge is 2.17. The summed E-state index contributed by atoms with van der Waals surface area (Å²) in [6, 6.07) is 30.6. The van der Waals surface area contributed by atoms with Gasteiger partial charge in [0.25, 0.3) is 0 Å². The number of aryl methyl sites for hydroxylation is 1. The van der Waals surface area contributed by atoms with Crippen LogP contribution in [0, 0.1) is 5.82 Å². The summed E-state index contributed by atoms with van der Waals surface area (Å²) in [6.45, 7) is 13.4. The van der Waals surface area contributed by atoms with Crippen LogP contribution in [0.1, 0.15) is 52.7 Å². The van der Waals surface area contributed by atoms with Crippen molar-refractivity contribution in [2.24, 2.45) is 7.05 Å². The number of rotatable bonds is 4. The van der Waals surface area contributed by atoms with Gasteiger partial charge in [0.05, 0.1) is 0 Å². The Hall–Kier alpha value is -4.05. The summed E-state index contributed by atoms with van der Waals surface area (Å²) < 4.78 is 15.3. The molecule has 0 saturated heterocycles. The number of hydrogen-bond donors (Lipinski definition) is 0. The average molecular weight is 518 g/mol. The van der Waals surface area contributed by atoms with Gasteiger partial charge in [0, 0.05) is 18.2 Å². The van der Waals surface area contributed by atoms with E-state index in [1.165, 1.54) is 23.3 Å². The molecule has 0 saturated carbocycles. The van der Waals surface area contributed by atoms with Crippen molar-refractivity contribution in [3.8, 4) is 45.0 Å². The van der Waals surface area contributed by atoms with Gasteiger partial charge in [0.2, 0.25) is 0 Å². The zero-order valence-corrected chi connectivity index (χ0v) is 23.9. The van der Waals surface area contributed by atoms with E-state index in [4.69, 9.17) is 4.98 Å². The SMILES string of the molecule is Cn1nc(-c2ccc(F)cc2)nc1-c1cc(-c2ccc(C(C)(C)C)cc2)cc(-c2ccc(C(C)(C)C)cc2)c1. The molecule has 0 bridgehead atoms. The van der Waals surface area contributed by atoms with Crippen molar-refractivity contribution >= 4 is 0 Å². The van der Waals surface area contributed by atoms with Crippen LogP contribution >= 0.6 is 0 Å². The lowest BCUT2D eigenvalue weighted by Crippen LogP contribution is -2.10. The Morgan fingerprint density at radius 1 is 0.538 bits per heavy atom. The number of benzene rings is 4. The average Bonchev–Trinajstić information content (AvgIpc) is 3.29. The molecule has 0 aliphatic rings. The fraction of sp³-hybridized carbons (Fsp3) is 0.257. The molecule has 0 N–H and O–H groups in total. The summed E-state index contributed by atoms with van der Waals surface area (Å²) in [7, 11) is 1.90. The fourth-order valence-corrected chi connectivity index (χ4v) is 4.77. The first-order valence-corrected chi connectivity index (χ1v) is 13.4. The van der Waals surface area contributed by atoms with E-state index >= 15 is 0 Å². The van der Waals surface area contributed by atoms with Crippen LogP contribution in [0.15, 0.2) is 91.0 Å². The van der Waals surface area contributed by atoms with Crippen LogP contribution in [0.5, 0.6) is 0 Å². The molecule has 4 aromatic carbocycles. The molecule has 0 atom stereocenters. The van der Waals surface area contributed by atoms with E-state index in [0.717, 1.165) is 39.2 Å². The minimum absolute atomic E-state index is 0.0930. The Morgan fingerprint density at radius 3 is 1.38 bits per heavy atom. The summed E-state index contributed by atoms with van der Waals surface area (Å²) in [5.74, 6) is 1.06. The van der Waals surface area contributed by atoms with Gasteiger partial charge >= 0.3 is 0 Å². The largest absolute Gasteiger partial charge is 0.248 e. The molecular weight excluding hydrogens is 481 g/mol. The summed E-state index contributed by atoms with van der Waals surface area (Å²) >= 11 is 0. The Balaban J connectivity index is 1.63. The molecule has 5 aromatic rings. The molecule has 0 unspecified atom stereocenters. The Kier molecular flexibility index (Phi) is 6.76. The highest BCUT2D eigenvalue weighted by atomic mass is 19.1. The second-order valence-corrected chi connectivity index (χ2v) is 12.3. The van der Waals surface area contributed by atoms with Crippen LogP contribution in [0.3, 0.4) is 0 Å². The molecule has 0 aliphatic heterocycles. The lowest BCUT2D eigenvalue weighted by atomic mass is 9.85. The maximum absolute atomic E-state index is 13.5. The van der Waals surface area contributed by atoms with Crippen molar-refractivity contribution < 1.29 is 4.39 Å². The van der Waals surface area contributed by atoms with E-state index in [1.54, 1.807) is 16.8 Å². The van der Waals surface area contributed by atoms with E-state index in [2.05, 4.69) is 113 Å². The van der Waals surface area contributed by atoms with Crippen molar-refractivity contribution in [1.82, 2.24) is 14.8 Å². The predicted molar refractivity (Wildman–Crippen MR) is 160 cm³/mol. The van der Waals surface area contributed by atoms with Crippen LogP contribution in [0.25, 0.3) is 45.0 Å². The molecule has 4 heteroatoms. The first-order chi connectivity index (χ1) is 18.4. The molecule has 3 nitrogen and oxygen atoms in total. The number of aromatic nitrogens is 3. The van der Waals surface area contributed by atoms with Gasteiger partial charge in [-0.05, 0) is 86.7 Å². The minimum atomic E-state index is -0.276. The number of halogens is 1. The first-order valence-electron chi connectivity index (χ1n) is 13.4. The maximum Gasteiger partial charge on any atom is 0.181 e. The molecule has 0 spiro atoms. The second-order valence-electron chi connectivity index (χ2n) is 12.3. The van der Waals surface area contributed by atoms with E-state index < -0.39 is 0 Å². The highest BCUT2D eigenvalue weighted by molar-refractivity contribution is 5.80. The fourth-order valence-electron chi connectivity index (χ4n) is 4.77. The van der Waals surface area contributed by atoms with E-state index in [-0.39, 0.29) is 16.6 Å². The zero-order valence-electron chi connectivity index (χ0n) is 23.9. The molecule has 0 radical (unpaired) electrons. The van der Waals surface area contributed by atoms with Crippen LogP contribution in [-0.4, -0.2) is 14.8 Å². The number of hydrogen-bond acceptors (Lipinski definition) is 2. The predicted octanol–water partition coefficient (Wildman–Crippen LogP) is 9.22. The topological polar surface area (TPSA) is 30.7 Å². The van der Waals surface area contributed by atoms with E-state index in [9.17, 15) is 4.39 Å². The summed E-state index contributed by atoms with van der Waals surface area (Å²) in [6.07, 6.45) is 0.